The van der Waals surface area contributed by atoms with Gasteiger partial charge in [0.2, 0.25) is 0 Å². The lowest BCUT2D eigenvalue weighted by Gasteiger charge is -2.09. The van der Waals surface area contributed by atoms with E-state index in [4.69, 9.17) is 0 Å². The van der Waals surface area contributed by atoms with Crippen LogP contribution in [-0.2, 0) is 0 Å². The molecule has 0 bridgehead atoms. The topological polar surface area (TPSA) is 35.6 Å². The molecular formula is C26H18N4. The smallest absolute Gasteiger partial charge is 0.0741 e. The number of hydrogen-bond donors (Lipinski definition) is 0. The maximum atomic E-state index is 4.58. The van der Waals surface area contributed by atoms with Crippen molar-refractivity contribution in [2.45, 2.75) is 0 Å². The Morgan fingerprint density at radius 3 is 1.73 bits per heavy atom. The van der Waals surface area contributed by atoms with Crippen LogP contribution >= 0.6 is 0 Å². The van der Waals surface area contributed by atoms with E-state index in [1.165, 1.54) is 0 Å². The lowest BCUT2D eigenvalue weighted by atomic mass is 10.0. The molecule has 0 saturated heterocycles. The van der Waals surface area contributed by atoms with E-state index < -0.39 is 0 Å². The van der Waals surface area contributed by atoms with E-state index in [0.717, 1.165) is 44.3 Å². The third kappa shape index (κ3) is 2.70. The first-order chi connectivity index (χ1) is 14.9. The van der Waals surface area contributed by atoms with E-state index in [1.807, 2.05) is 46.0 Å². The summed E-state index contributed by atoms with van der Waals surface area (Å²) < 4.78 is 3.97. The normalized spacial score (nSPS) is 11.3. The van der Waals surface area contributed by atoms with Crippen molar-refractivity contribution in [3.05, 3.63) is 109 Å². The molecule has 0 fully saturated rings. The number of fused-ring (bicyclic) bond motifs is 2. The summed E-state index contributed by atoms with van der Waals surface area (Å²) >= 11 is 0. The van der Waals surface area contributed by atoms with E-state index in [0.29, 0.717) is 0 Å². The van der Waals surface area contributed by atoms with Gasteiger partial charge < -0.3 is 0 Å². The van der Waals surface area contributed by atoms with Crippen molar-refractivity contribution in [2.24, 2.45) is 0 Å². The van der Waals surface area contributed by atoms with Gasteiger partial charge in [-0.15, -0.1) is 0 Å². The van der Waals surface area contributed by atoms with Crippen LogP contribution in [0.3, 0.4) is 0 Å². The van der Waals surface area contributed by atoms with Gasteiger partial charge in [0.15, 0.2) is 0 Å². The SMILES string of the molecule is c1cc(-c2ccc(-n3ncc4ccccc43)cc2)cc(-n2ncc3ccccc32)c1. The van der Waals surface area contributed by atoms with Gasteiger partial charge in [-0.3, -0.25) is 0 Å². The second-order valence-corrected chi connectivity index (χ2v) is 7.33. The van der Waals surface area contributed by atoms with Gasteiger partial charge in [0.05, 0.1) is 34.8 Å². The Bertz CT molecular complexity index is 1490. The van der Waals surface area contributed by atoms with Crippen LogP contribution in [0.25, 0.3) is 44.3 Å². The summed E-state index contributed by atoms with van der Waals surface area (Å²) in [5.41, 5.74) is 6.64. The minimum absolute atomic E-state index is 1.05. The molecule has 0 unspecified atom stereocenters. The van der Waals surface area contributed by atoms with Crippen LogP contribution in [0.5, 0.6) is 0 Å². The van der Waals surface area contributed by atoms with Crippen molar-refractivity contribution in [3.8, 4) is 22.5 Å². The van der Waals surface area contributed by atoms with Crippen molar-refractivity contribution in [1.82, 2.24) is 19.6 Å². The molecular weight excluding hydrogens is 368 g/mol. The van der Waals surface area contributed by atoms with Gasteiger partial charge in [0.1, 0.15) is 0 Å². The molecule has 0 aliphatic rings. The minimum Gasteiger partial charge on any atom is -0.233 e. The lowest BCUT2D eigenvalue weighted by Crippen LogP contribution is -1.97. The highest BCUT2D eigenvalue weighted by molar-refractivity contribution is 5.81. The number of hydrogen-bond acceptors (Lipinski definition) is 2. The largest absolute Gasteiger partial charge is 0.233 e. The first kappa shape index (κ1) is 16.7. The minimum atomic E-state index is 1.05. The van der Waals surface area contributed by atoms with Gasteiger partial charge in [0.25, 0.3) is 0 Å². The third-order valence-electron chi connectivity index (χ3n) is 5.49. The molecule has 0 radical (unpaired) electrons. The average molecular weight is 386 g/mol. The second-order valence-electron chi connectivity index (χ2n) is 7.33. The van der Waals surface area contributed by atoms with Crippen LogP contribution in [0.15, 0.2) is 109 Å². The van der Waals surface area contributed by atoms with E-state index in [2.05, 4.69) is 83.0 Å². The summed E-state index contributed by atoms with van der Waals surface area (Å²) in [7, 11) is 0. The molecule has 0 saturated carbocycles. The summed E-state index contributed by atoms with van der Waals surface area (Å²) in [4.78, 5) is 0. The first-order valence-corrected chi connectivity index (χ1v) is 9.94. The predicted octanol–water partition coefficient (Wildman–Crippen LogP) is 6.03. The van der Waals surface area contributed by atoms with Crippen molar-refractivity contribution >= 4 is 21.8 Å². The Kier molecular flexibility index (Phi) is 3.74. The van der Waals surface area contributed by atoms with E-state index in [-0.39, 0.29) is 0 Å². The van der Waals surface area contributed by atoms with Crippen molar-refractivity contribution in [2.75, 3.05) is 0 Å². The summed E-state index contributed by atoms with van der Waals surface area (Å²) in [5, 5.41) is 11.4. The Morgan fingerprint density at radius 1 is 0.467 bits per heavy atom. The molecule has 4 aromatic carbocycles. The number of benzene rings is 4. The summed E-state index contributed by atoms with van der Waals surface area (Å²) in [6, 6.07) is 33.5. The molecule has 0 aliphatic carbocycles. The van der Waals surface area contributed by atoms with Crippen LogP contribution in [0, 0.1) is 0 Å². The van der Waals surface area contributed by atoms with Gasteiger partial charge in [-0.05, 0) is 47.5 Å². The molecule has 2 aromatic heterocycles. The van der Waals surface area contributed by atoms with Gasteiger partial charge >= 0.3 is 0 Å². The molecule has 6 aromatic rings. The zero-order valence-electron chi connectivity index (χ0n) is 16.2. The van der Waals surface area contributed by atoms with Gasteiger partial charge in [-0.1, -0.05) is 60.7 Å². The third-order valence-corrected chi connectivity index (χ3v) is 5.49. The van der Waals surface area contributed by atoms with E-state index in [1.54, 1.807) is 0 Å². The zero-order valence-corrected chi connectivity index (χ0v) is 16.2. The molecule has 2 heterocycles. The number of para-hydroxylation sites is 2. The highest BCUT2D eigenvalue weighted by Gasteiger charge is 2.08. The molecule has 4 heteroatoms. The quantitative estimate of drug-likeness (QED) is 0.372. The number of rotatable bonds is 3. The molecule has 6 rings (SSSR count). The molecule has 142 valence electrons. The highest BCUT2D eigenvalue weighted by atomic mass is 15.3. The Morgan fingerprint density at radius 2 is 1.07 bits per heavy atom. The molecule has 0 aliphatic heterocycles. The van der Waals surface area contributed by atoms with Crippen molar-refractivity contribution in [1.29, 1.82) is 0 Å². The Hall–Kier alpha value is -4.18. The van der Waals surface area contributed by atoms with Gasteiger partial charge in [0, 0.05) is 10.8 Å². The zero-order chi connectivity index (χ0) is 19.9. The van der Waals surface area contributed by atoms with Crippen LogP contribution in [0.4, 0.5) is 0 Å². The monoisotopic (exact) mass is 386 g/mol. The maximum absolute atomic E-state index is 4.58. The molecule has 4 nitrogen and oxygen atoms in total. The van der Waals surface area contributed by atoms with Crippen LogP contribution in [0.1, 0.15) is 0 Å². The summed E-state index contributed by atoms with van der Waals surface area (Å²) in [6.07, 6.45) is 3.81. The average Bonchev–Trinajstić information content (AvgIpc) is 3.44. The van der Waals surface area contributed by atoms with Gasteiger partial charge in [-0.2, -0.15) is 10.2 Å². The fourth-order valence-electron chi connectivity index (χ4n) is 3.97. The van der Waals surface area contributed by atoms with Crippen molar-refractivity contribution < 1.29 is 0 Å². The van der Waals surface area contributed by atoms with E-state index in [9.17, 15) is 0 Å². The van der Waals surface area contributed by atoms with E-state index >= 15 is 0 Å². The van der Waals surface area contributed by atoms with Crippen LogP contribution in [-0.4, -0.2) is 19.6 Å². The molecule has 0 spiro atoms. The standard InChI is InChI=1S/C26H18N4/c1-3-10-25-21(6-1)17-27-29(25)23-14-12-19(13-15-23)20-8-5-9-24(16-20)30-26-11-4-2-7-22(26)18-28-30/h1-18H. The Balaban J connectivity index is 1.38. The fraction of sp³-hybridized carbons (Fsp3) is 0. The molecule has 0 atom stereocenters. The maximum Gasteiger partial charge on any atom is 0.0741 e. The van der Waals surface area contributed by atoms with Crippen molar-refractivity contribution in [3.63, 3.8) is 0 Å². The lowest BCUT2D eigenvalue weighted by molar-refractivity contribution is 0.910. The number of aromatic nitrogens is 4. The number of nitrogens with zero attached hydrogens (tertiary/aromatic N) is 4. The highest BCUT2D eigenvalue weighted by Crippen LogP contribution is 2.26. The molecule has 30 heavy (non-hydrogen) atoms. The van der Waals surface area contributed by atoms with Crippen LogP contribution < -0.4 is 0 Å². The van der Waals surface area contributed by atoms with Crippen LogP contribution in [0.2, 0.25) is 0 Å². The first-order valence-electron chi connectivity index (χ1n) is 9.94. The summed E-state index contributed by atoms with van der Waals surface area (Å²) in [6.45, 7) is 0. The van der Waals surface area contributed by atoms with Gasteiger partial charge in [-0.25, -0.2) is 9.36 Å². The second kappa shape index (κ2) is 6.71. The molecule has 0 amide bonds. The molecule has 0 N–H and O–H groups in total. The Labute approximate surface area is 173 Å². The predicted molar refractivity (Wildman–Crippen MR) is 121 cm³/mol. The summed E-state index contributed by atoms with van der Waals surface area (Å²) in [5.74, 6) is 0. The fourth-order valence-corrected chi connectivity index (χ4v) is 3.97.